The van der Waals surface area contributed by atoms with Crippen molar-refractivity contribution in [3.63, 3.8) is 0 Å². The molecule has 1 aromatic heterocycles. The fourth-order valence-electron chi connectivity index (χ4n) is 6.49. The van der Waals surface area contributed by atoms with Crippen molar-refractivity contribution in [1.29, 1.82) is 0 Å². The van der Waals surface area contributed by atoms with Crippen LogP contribution in [-0.4, -0.2) is 31.5 Å². The highest BCUT2D eigenvalue weighted by Gasteiger charge is 2.44. The fraction of sp³-hybridized carbons (Fsp3) is 0.139. The molecule has 1 aliphatic carbocycles. The summed E-state index contributed by atoms with van der Waals surface area (Å²) in [5, 5.41) is 30.3. The summed E-state index contributed by atoms with van der Waals surface area (Å²) in [4.78, 5) is 41.9. The second kappa shape index (κ2) is 11.8. The molecule has 10 heteroatoms. The van der Waals surface area contributed by atoms with Crippen LogP contribution >= 0.6 is 0 Å². The number of hydrazone groups is 1. The molecule has 1 aliphatic heterocycles. The molecule has 1 saturated carbocycles. The van der Waals surface area contributed by atoms with E-state index in [1.165, 1.54) is 29.3 Å². The van der Waals surface area contributed by atoms with Crippen molar-refractivity contribution in [2.24, 2.45) is 11.0 Å². The van der Waals surface area contributed by atoms with Crippen LogP contribution in [0.3, 0.4) is 0 Å². The molecular weight excluding hydrogens is 582 g/mol. The molecule has 1 fully saturated rings. The van der Waals surface area contributed by atoms with Crippen molar-refractivity contribution in [3.8, 4) is 11.3 Å². The van der Waals surface area contributed by atoms with Crippen LogP contribution in [0.2, 0.25) is 0 Å². The molecule has 46 heavy (non-hydrogen) atoms. The number of nitrogens with zero attached hydrogens (tertiary/aromatic N) is 5. The number of rotatable bonds is 6. The quantitative estimate of drug-likeness (QED) is 0.141. The number of carbonyl (C=O) groups is 1. The summed E-state index contributed by atoms with van der Waals surface area (Å²) in [6, 6.07) is 31.1. The Bertz CT molecular complexity index is 2090. The lowest BCUT2D eigenvalue weighted by Gasteiger charge is -2.29. The molecular formula is C36H27N5O5. The maximum absolute atomic E-state index is 14.7. The Kier molecular flexibility index (Phi) is 7.38. The molecule has 2 unspecified atom stereocenters. The first kappa shape index (κ1) is 28.7. The van der Waals surface area contributed by atoms with Gasteiger partial charge in [-0.05, 0) is 54.2 Å². The van der Waals surface area contributed by atoms with E-state index < -0.39 is 15.9 Å². The zero-order valence-corrected chi connectivity index (χ0v) is 24.5. The Labute approximate surface area is 263 Å². The number of non-ortho nitro benzene ring substituents is 2. The average Bonchev–Trinajstić information content (AvgIpc) is 3.49. The lowest BCUT2D eigenvalue weighted by atomic mass is 9.77. The molecule has 5 aromatic rings. The molecule has 2 heterocycles. The predicted octanol–water partition coefficient (Wildman–Crippen LogP) is 8.16. The van der Waals surface area contributed by atoms with Crippen molar-refractivity contribution < 1.29 is 14.6 Å². The topological polar surface area (TPSA) is 132 Å². The number of allylic oxidation sites excluding steroid dienone is 1. The SMILES string of the molecule is O=C(c1cc(-c2ccccc2)nc2ccccc12)N1N=C2/C(=C/c3cccc([N+](=O)[O-])c3)CCCC2C1c1cccc([N+](=O)[O-])c1. The standard InChI is InChI=1S/C36H27N5O5/c42-36(31-22-33(24-10-2-1-3-11-24)37-32-18-5-4-16-29(31)32)39-35(26-13-7-15-28(21-26)41(45)46)30-17-8-12-25(34(30)38-39)19-23-9-6-14-27(20-23)40(43)44/h1-7,9-11,13-16,18-22,30,35H,8,12,17H2/b25-19+. The summed E-state index contributed by atoms with van der Waals surface area (Å²) in [6.07, 6.45) is 4.09. The number of nitro benzene ring substituents is 2. The van der Waals surface area contributed by atoms with E-state index >= 15 is 0 Å². The van der Waals surface area contributed by atoms with Gasteiger partial charge in [0.05, 0.1) is 38.4 Å². The molecule has 0 N–H and O–H groups in total. The minimum absolute atomic E-state index is 0.0138. The van der Waals surface area contributed by atoms with E-state index in [-0.39, 0.29) is 23.2 Å². The van der Waals surface area contributed by atoms with Gasteiger partial charge in [-0.25, -0.2) is 9.99 Å². The van der Waals surface area contributed by atoms with E-state index in [4.69, 9.17) is 10.1 Å². The van der Waals surface area contributed by atoms with Crippen molar-refractivity contribution in [2.75, 3.05) is 0 Å². The fourth-order valence-corrected chi connectivity index (χ4v) is 6.49. The largest absolute Gasteiger partial charge is 0.275 e. The number of aromatic nitrogens is 1. The van der Waals surface area contributed by atoms with Gasteiger partial charge in [-0.1, -0.05) is 72.8 Å². The number of carbonyl (C=O) groups excluding carboxylic acids is 1. The van der Waals surface area contributed by atoms with Gasteiger partial charge in [0, 0.05) is 41.1 Å². The Morgan fingerprint density at radius 2 is 1.54 bits per heavy atom. The molecule has 226 valence electrons. The molecule has 0 bridgehead atoms. The summed E-state index contributed by atoms with van der Waals surface area (Å²) < 4.78 is 0. The van der Waals surface area contributed by atoms with Gasteiger partial charge < -0.3 is 0 Å². The summed E-state index contributed by atoms with van der Waals surface area (Å²) in [5.74, 6) is -0.574. The third kappa shape index (κ3) is 5.30. The zero-order chi connectivity index (χ0) is 31.8. The molecule has 7 rings (SSSR count). The van der Waals surface area contributed by atoms with E-state index in [2.05, 4.69) is 0 Å². The average molecular weight is 610 g/mol. The summed E-state index contributed by atoms with van der Waals surface area (Å²) >= 11 is 0. The van der Waals surface area contributed by atoms with Crippen LogP contribution in [-0.2, 0) is 0 Å². The Morgan fingerprint density at radius 1 is 0.826 bits per heavy atom. The van der Waals surface area contributed by atoms with Gasteiger partial charge in [-0.15, -0.1) is 0 Å². The lowest BCUT2D eigenvalue weighted by molar-refractivity contribution is -0.385. The summed E-state index contributed by atoms with van der Waals surface area (Å²) in [7, 11) is 0. The molecule has 1 amide bonds. The third-order valence-corrected chi connectivity index (χ3v) is 8.57. The summed E-state index contributed by atoms with van der Waals surface area (Å²) in [6.45, 7) is 0. The Morgan fingerprint density at radius 3 is 2.33 bits per heavy atom. The molecule has 10 nitrogen and oxygen atoms in total. The highest BCUT2D eigenvalue weighted by molar-refractivity contribution is 6.12. The van der Waals surface area contributed by atoms with Crippen LogP contribution in [0, 0.1) is 26.1 Å². The highest BCUT2D eigenvalue weighted by Crippen LogP contribution is 2.46. The minimum atomic E-state index is -0.594. The van der Waals surface area contributed by atoms with Crippen LogP contribution in [0.1, 0.15) is 46.8 Å². The number of nitro groups is 2. The second-order valence-corrected chi connectivity index (χ2v) is 11.4. The van der Waals surface area contributed by atoms with Crippen LogP contribution in [0.15, 0.2) is 120 Å². The monoisotopic (exact) mass is 609 g/mol. The number of hydrogen-bond donors (Lipinski definition) is 0. The van der Waals surface area contributed by atoms with Gasteiger partial charge in [0.2, 0.25) is 0 Å². The zero-order valence-electron chi connectivity index (χ0n) is 24.5. The molecule has 0 radical (unpaired) electrons. The van der Waals surface area contributed by atoms with Gasteiger partial charge in [0.25, 0.3) is 17.3 Å². The first-order chi connectivity index (χ1) is 22.4. The normalized spacial score (nSPS) is 18.3. The van der Waals surface area contributed by atoms with Crippen molar-refractivity contribution in [2.45, 2.75) is 25.3 Å². The molecule has 0 saturated heterocycles. The first-order valence-corrected chi connectivity index (χ1v) is 14.9. The Balaban J connectivity index is 1.38. The summed E-state index contributed by atoms with van der Waals surface area (Å²) in [5.41, 5.74) is 5.38. The number of fused-ring (bicyclic) bond motifs is 2. The molecule has 4 aromatic carbocycles. The predicted molar refractivity (Wildman–Crippen MR) is 175 cm³/mol. The molecule has 2 aliphatic rings. The van der Waals surface area contributed by atoms with Gasteiger partial charge >= 0.3 is 0 Å². The van der Waals surface area contributed by atoms with Crippen molar-refractivity contribution in [1.82, 2.24) is 9.99 Å². The van der Waals surface area contributed by atoms with E-state index in [9.17, 15) is 25.0 Å². The van der Waals surface area contributed by atoms with E-state index in [0.717, 1.165) is 17.6 Å². The van der Waals surface area contributed by atoms with Crippen LogP contribution in [0.4, 0.5) is 11.4 Å². The lowest BCUT2D eigenvalue weighted by Crippen LogP contribution is -2.32. The third-order valence-electron chi connectivity index (χ3n) is 8.57. The van der Waals surface area contributed by atoms with Gasteiger partial charge in [0.15, 0.2) is 0 Å². The van der Waals surface area contributed by atoms with Crippen molar-refractivity contribution >= 4 is 40.0 Å². The maximum Gasteiger partial charge on any atom is 0.275 e. The van der Waals surface area contributed by atoms with Crippen molar-refractivity contribution in [3.05, 3.63) is 152 Å². The maximum atomic E-state index is 14.7. The number of benzene rings is 4. The number of para-hydroxylation sites is 1. The second-order valence-electron chi connectivity index (χ2n) is 11.4. The minimum Gasteiger partial charge on any atom is -0.267 e. The number of hydrogen-bond acceptors (Lipinski definition) is 7. The van der Waals surface area contributed by atoms with Gasteiger partial charge in [0.1, 0.15) is 0 Å². The van der Waals surface area contributed by atoms with Crippen LogP contribution < -0.4 is 0 Å². The molecule has 2 atom stereocenters. The first-order valence-electron chi connectivity index (χ1n) is 14.9. The number of amides is 1. The smallest absolute Gasteiger partial charge is 0.267 e. The Hall–Kier alpha value is -6.03. The number of pyridine rings is 1. The van der Waals surface area contributed by atoms with Gasteiger partial charge in [-0.2, -0.15) is 5.10 Å². The van der Waals surface area contributed by atoms with E-state index in [0.29, 0.717) is 51.8 Å². The van der Waals surface area contributed by atoms with E-state index in [1.807, 2.05) is 60.7 Å². The highest BCUT2D eigenvalue weighted by atomic mass is 16.6. The van der Waals surface area contributed by atoms with E-state index in [1.54, 1.807) is 30.3 Å². The van der Waals surface area contributed by atoms with Crippen LogP contribution in [0.25, 0.3) is 28.2 Å². The molecule has 0 spiro atoms. The van der Waals surface area contributed by atoms with Crippen LogP contribution in [0.5, 0.6) is 0 Å². The van der Waals surface area contributed by atoms with Gasteiger partial charge in [-0.3, -0.25) is 25.0 Å².